The van der Waals surface area contributed by atoms with E-state index in [1.165, 1.54) is 128 Å². The molecule has 0 spiro atoms. The Labute approximate surface area is 293 Å². The van der Waals surface area contributed by atoms with Crippen molar-refractivity contribution in [2.24, 2.45) is 5.73 Å². The van der Waals surface area contributed by atoms with Gasteiger partial charge in [-0.25, -0.2) is 4.57 Å². The number of rotatable bonds is 38. The number of phosphoric acid groups is 1. The number of aliphatic carboxylic acids is 1. The molecule has 0 aromatic carbocycles. The molecule has 10 nitrogen and oxygen atoms in total. The highest BCUT2D eigenvalue weighted by molar-refractivity contribution is 7.47. The first-order valence-electron chi connectivity index (χ1n) is 19.6. The van der Waals surface area contributed by atoms with Crippen LogP contribution >= 0.6 is 7.82 Å². The molecule has 48 heavy (non-hydrogen) atoms. The summed E-state index contributed by atoms with van der Waals surface area (Å²) in [4.78, 5) is 33.4. The summed E-state index contributed by atoms with van der Waals surface area (Å²) in [6, 6.07) is -1.47. The second-order valence-corrected chi connectivity index (χ2v) is 14.9. The molecule has 0 fully saturated rings. The number of carboxylic acids is 1. The third-order valence-corrected chi connectivity index (χ3v) is 9.59. The number of hydrogen-bond donors (Lipinski definition) is 3. The molecule has 0 amide bonds. The Bertz CT molecular complexity index is 786. The van der Waals surface area contributed by atoms with Crippen LogP contribution in [0.25, 0.3) is 0 Å². The van der Waals surface area contributed by atoms with Crippen LogP contribution in [0.1, 0.15) is 187 Å². The maximum absolute atomic E-state index is 12.5. The number of carbonyl (C=O) groups is 2. The van der Waals surface area contributed by atoms with Crippen molar-refractivity contribution in [2.45, 2.75) is 199 Å². The summed E-state index contributed by atoms with van der Waals surface area (Å²) in [7, 11) is -4.60. The lowest BCUT2D eigenvalue weighted by molar-refractivity contribution is -0.154. The molecule has 0 bridgehead atoms. The lowest BCUT2D eigenvalue weighted by atomic mass is 10.0. The third kappa shape index (κ3) is 33.5. The van der Waals surface area contributed by atoms with Crippen molar-refractivity contribution in [1.82, 2.24) is 0 Å². The molecule has 0 saturated heterocycles. The number of hydrogen-bond acceptors (Lipinski definition) is 8. The average molecular weight is 708 g/mol. The number of nitrogens with two attached hydrogens (primary N) is 1. The normalized spacial score (nSPS) is 14.1. The first kappa shape index (κ1) is 47.0. The van der Waals surface area contributed by atoms with E-state index in [2.05, 4.69) is 13.8 Å². The molecule has 0 radical (unpaired) electrons. The predicted molar refractivity (Wildman–Crippen MR) is 194 cm³/mol. The zero-order valence-corrected chi connectivity index (χ0v) is 31.7. The van der Waals surface area contributed by atoms with Gasteiger partial charge >= 0.3 is 19.8 Å². The Kier molecular flexibility index (Phi) is 33.7. The summed E-state index contributed by atoms with van der Waals surface area (Å²) >= 11 is 0. The lowest BCUT2D eigenvalue weighted by Crippen LogP contribution is -2.34. The third-order valence-electron chi connectivity index (χ3n) is 8.64. The number of phosphoric ester groups is 1. The first-order valence-corrected chi connectivity index (χ1v) is 21.1. The minimum atomic E-state index is -4.60. The van der Waals surface area contributed by atoms with E-state index in [1.54, 1.807) is 0 Å². The monoisotopic (exact) mass is 708 g/mol. The smallest absolute Gasteiger partial charge is 0.472 e. The zero-order valence-electron chi connectivity index (χ0n) is 30.9. The molecular formula is C37H74NO9P. The Hall–Kier alpha value is -1.03. The van der Waals surface area contributed by atoms with Crippen molar-refractivity contribution in [1.29, 1.82) is 0 Å². The topological polar surface area (TPSA) is 155 Å². The fourth-order valence-electron chi connectivity index (χ4n) is 5.55. The number of carbonyl (C=O) groups excluding carboxylic acids is 1. The van der Waals surface area contributed by atoms with Crippen molar-refractivity contribution in [2.75, 3.05) is 26.4 Å². The molecule has 1 unspecified atom stereocenters. The Morgan fingerprint density at radius 2 is 0.958 bits per heavy atom. The van der Waals surface area contributed by atoms with Crippen LogP contribution in [0.2, 0.25) is 0 Å². The molecule has 0 rings (SSSR count). The number of esters is 1. The van der Waals surface area contributed by atoms with Gasteiger partial charge in [0.1, 0.15) is 12.1 Å². The van der Waals surface area contributed by atoms with Crippen LogP contribution < -0.4 is 5.73 Å². The Balaban J connectivity index is 4.25. The van der Waals surface area contributed by atoms with Crippen molar-refractivity contribution >= 4 is 19.8 Å². The largest absolute Gasteiger partial charge is 0.480 e. The molecule has 4 N–H and O–H groups in total. The predicted octanol–water partition coefficient (Wildman–Crippen LogP) is 10.0. The average Bonchev–Trinajstić information content (AvgIpc) is 3.06. The van der Waals surface area contributed by atoms with Crippen LogP contribution in [0.5, 0.6) is 0 Å². The highest BCUT2D eigenvalue weighted by atomic mass is 31.2. The van der Waals surface area contributed by atoms with Crippen LogP contribution in [0.4, 0.5) is 0 Å². The Morgan fingerprint density at radius 3 is 1.38 bits per heavy atom. The quantitative estimate of drug-likeness (QED) is 0.0321. The molecule has 3 atom stereocenters. The fraction of sp³-hybridized carbons (Fsp3) is 0.946. The van der Waals surface area contributed by atoms with Gasteiger partial charge in [-0.2, -0.15) is 0 Å². The van der Waals surface area contributed by atoms with Crippen LogP contribution in [-0.4, -0.2) is 60.5 Å². The van der Waals surface area contributed by atoms with Crippen LogP contribution in [-0.2, 0) is 32.7 Å². The maximum atomic E-state index is 12.5. The molecule has 286 valence electrons. The summed E-state index contributed by atoms with van der Waals surface area (Å²) < 4.78 is 33.2. The molecule has 11 heteroatoms. The summed E-state index contributed by atoms with van der Waals surface area (Å²) in [6.07, 6.45) is 31.5. The van der Waals surface area contributed by atoms with Gasteiger partial charge in [-0.15, -0.1) is 0 Å². The fourth-order valence-corrected chi connectivity index (χ4v) is 6.32. The SMILES string of the molecule is CCCCCCCCCCCCCCCCOC[C@H](COP(=O)(O)OC[C@H](N)C(=O)O)OC(=O)CCCCCCCCCCCCCC. The van der Waals surface area contributed by atoms with Crippen molar-refractivity contribution < 1.29 is 42.7 Å². The van der Waals surface area contributed by atoms with E-state index < -0.39 is 45.1 Å². The van der Waals surface area contributed by atoms with E-state index >= 15 is 0 Å². The highest BCUT2D eigenvalue weighted by Gasteiger charge is 2.27. The van der Waals surface area contributed by atoms with Gasteiger partial charge in [0.15, 0.2) is 0 Å². The lowest BCUT2D eigenvalue weighted by Gasteiger charge is -2.20. The molecule has 0 aromatic rings. The summed E-state index contributed by atoms with van der Waals surface area (Å²) in [5, 5.41) is 8.86. The molecule has 0 aromatic heterocycles. The molecule has 0 saturated carbocycles. The zero-order chi connectivity index (χ0) is 35.6. The minimum absolute atomic E-state index is 0.0251. The maximum Gasteiger partial charge on any atom is 0.472 e. The number of carboxylic acid groups (broad SMARTS) is 1. The van der Waals surface area contributed by atoms with E-state index in [-0.39, 0.29) is 13.0 Å². The van der Waals surface area contributed by atoms with Gasteiger partial charge in [0, 0.05) is 13.0 Å². The van der Waals surface area contributed by atoms with Gasteiger partial charge in [-0.1, -0.05) is 168 Å². The molecule has 0 heterocycles. The van der Waals surface area contributed by atoms with Gasteiger partial charge in [0.05, 0.1) is 19.8 Å². The van der Waals surface area contributed by atoms with E-state index in [0.29, 0.717) is 6.61 Å². The second-order valence-electron chi connectivity index (χ2n) is 13.4. The second kappa shape index (κ2) is 34.4. The molecule has 0 aliphatic heterocycles. The van der Waals surface area contributed by atoms with Crippen LogP contribution in [0.3, 0.4) is 0 Å². The van der Waals surface area contributed by atoms with E-state index in [4.69, 9.17) is 29.4 Å². The van der Waals surface area contributed by atoms with Gasteiger partial charge in [0.2, 0.25) is 0 Å². The number of ether oxygens (including phenoxy) is 2. The molecular weight excluding hydrogens is 633 g/mol. The van der Waals surface area contributed by atoms with Crippen molar-refractivity contribution in [3.05, 3.63) is 0 Å². The van der Waals surface area contributed by atoms with Crippen LogP contribution in [0.15, 0.2) is 0 Å². The molecule has 0 aliphatic rings. The minimum Gasteiger partial charge on any atom is -0.480 e. The molecule has 0 aliphatic carbocycles. The first-order chi connectivity index (χ1) is 23.2. The summed E-state index contributed by atoms with van der Waals surface area (Å²) in [5.74, 6) is -1.77. The van der Waals surface area contributed by atoms with Gasteiger partial charge in [-0.05, 0) is 12.8 Å². The highest BCUT2D eigenvalue weighted by Crippen LogP contribution is 2.43. The van der Waals surface area contributed by atoms with E-state index in [9.17, 15) is 19.0 Å². The van der Waals surface area contributed by atoms with Gasteiger partial charge in [-0.3, -0.25) is 18.6 Å². The number of unbranched alkanes of at least 4 members (excludes halogenated alkanes) is 24. The van der Waals surface area contributed by atoms with Crippen molar-refractivity contribution in [3.63, 3.8) is 0 Å². The van der Waals surface area contributed by atoms with E-state index in [0.717, 1.165) is 38.5 Å². The summed E-state index contributed by atoms with van der Waals surface area (Å²) in [6.45, 7) is 3.90. The Morgan fingerprint density at radius 1 is 0.583 bits per heavy atom. The van der Waals surface area contributed by atoms with Gasteiger partial charge in [0.25, 0.3) is 0 Å². The van der Waals surface area contributed by atoms with Crippen LogP contribution in [0, 0.1) is 0 Å². The summed E-state index contributed by atoms with van der Waals surface area (Å²) in [5.41, 5.74) is 5.34. The standard InChI is InChI=1S/C37H74NO9P/c1-3-5-7-9-11-13-15-17-18-20-22-24-26-28-30-44-31-34(32-45-48(42,43)46-33-35(38)37(40)41)47-36(39)29-27-25-23-21-19-16-14-12-10-8-6-4-2/h34-35H,3-33,38H2,1-2H3,(H,40,41)(H,42,43)/t34-,35+/m1/s1. The van der Waals surface area contributed by atoms with Gasteiger partial charge < -0.3 is 25.2 Å². The van der Waals surface area contributed by atoms with Crippen molar-refractivity contribution in [3.8, 4) is 0 Å². The van der Waals surface area contributed by atoms with E-state index in [1.807, 2.05) is 0 Å².